The van der Waals surface area contributed by atoms with Crippen LogP contribution in [0, 0.1) is 0 Å². The van der Waals surface area contributed by atoms with Crippen LogP contribution in [0.15, 0.2) is 16.6 Å². The molecule has 1 aliphatic heterocycles. The Kier molecular flexibility index (Phi) is 6.21. The molecule has 0 saturated heterocycles. The standard InChI is InChI=1S/C12H17BrN2O2.ClH/c13-9-6-12-11(16-7-17-12)5-8(9)10(15)3-1-2-4-14;/h5-6,10H,1-4,7,14-15H2;1H/t10-;/m1./s1. The third-order valence-electron chi connectivity index (χ3n) is 2.86. The zero-order valence-corrected chi connectivity index (χ0v) is 12.4. The van der Waals surface area contributed by atoms with Crippen molar-refractivity contribution in [3.05, 3.63) is 22.2 Å². The molecule has 0 bridgehead atoms. The fourth-order valence-electron chi connectivity index (χ4n) is 1.88. The summed E-state index contributed by atoms with van der Waals surface area (Å²) in [7, 11) is 0. The van der Waals surface area contributed by atoms with E-state index >= 15 is 0 Å². The smallest absolute Gasteiger partial charge is 0.231 e. The average molecular weight is 338 g/mol. The quantitative estimate of drug-likeness (QED) is 0.811. The van der Waals surface area contributed by atoms with Crippen molar-refractivity contribution in [1.82, 2.24) is 0 Å². The van der Waals surface area contributed by atoms with Crippen LogP contribution in [0.3, 0.4) is 0 Å². The molecule has 0 spiro atoms. The molecule has 0 saturated carbocycles. The minimum Gasteiger partial charge on any atom is -0.454 e. The van der Waals surface area contributed by atoms with Gasteiger partial charge in [0.05, 0.1) is 0 Å². The number of nitrogens with two attached hydrogens (primary N) is 2. The van der Waals surface area contributed by atoms with Crippen LogP contribution >= 0.6 is 28.3 Å². The van der Waals surface area contributed by atoms with Crippen LogP contribution in [0.25, 0.3) is 0 Å². The van der Waals surface area contributed by atoms with Crippen LogP contribution in [0.5, 0.6) is 11.5 Å². The van der Waals surface area contributed by atoms with Crippen molar-refractivity contribution in [3.63, 3.8) is 0 Å². The topological polar surface area (TPSA) is 70.5 Å². The second kappa shape index (κ2) is 7.19. The third-order valence-corrected chi connectivity index (χ3v) is 3.55. The molecule has 0 fully saturated rings. The van der Waals surface area contributed by atoms with Crippen molar-refractivity contribution >= 4 is 28.3 Å². The van der Waals surface area contributed by atoms with Gasteiger partial charge in [-0.05, 0) is 37.1 Å². The number of hydrogen-bond acceptors (Lipinski definition) is 4. The minimum atomic E-state index is 0. The van der Waals surface area contributed by atoms with Gasteiger partial charge in [-0.15, -0.1) is 12.4 Å². The van der Waals surface area contributed by atoms with E-state index in [0.29, 0.717) is 0 Å². The summed E-state index contributed by atoms with van der Waals surface area (Å²) in [5.74, 6) is 1.55. The Morgan fingerprint density at radius 2 is 1.89 bits per heavy atom. The molecule has 0 unspecified atom stereocenters. The van der Waals surface area contributed by atoms with Crippen LogP contribution < -0.4 is 20.9 Å². The summed E-state index contributed by atoms with van der Waals surface area (Å²) in [4.78, 5) is 0. The highest BCUT2D eigenvalue weighted by molar-refractivity contribution is 9.10. The van der Waals surface area contributed by atoms with E-state index in [4.69, 9.17) is 20.9 Å². The van der Waals surface area contributed by atoms with Crippen LogP contribution in [0.4, 0.5) is 0 Å². The number of unbranched alkanes of at least 4 members (excludes halogenated alkanes) is 1. The first kappa shape index (κ1) is 15.6. The van der Waals surface area contributed by atoms with Crippen molar-refractivity contribution in [2.75, 3.05) is 13.3 Å². The minimum absolute atomic E-state index is 0. The van der Waals surface area contributed by atoms with Crippen molar-refractivity contribution in [3.8, 4) is 11.5 Å². The highest BCUT2D eigenvalue weighted by Crippen LogP contribution is 2.39. The van der Waals surface area contributed by atoms with E-state index in [1.54, 1.807) is 0 Å². The van der Waals surface area contributed by atoms with Gasteiger partial charge in [0.25, 0.3) is 0 Å². The highest BCUT2D eigenvalue weighted by Gasteiger charge is 2.19. The maximum Gasteiger partial charge on any atom is 0.231 e. The molecule has 1 aromatic rings. The van der Waals surface area contributed by atoms with Crippen LogP contribution in [0.1, 0.15) is 30.9 Å². The molecule has 0 radical (unpaired) electrons. The number of halogens is 2. The predicted octanol–water partition coefficient (Wildman–Crippen LogP) is 2.73. The summed E-state index contributed by atoms with van der Waals surface area (Å²) >= 11 is 3.52. The Morgan fingerprint density at radius 1 is 1.22 bits per heavy atom. The fourth-order valence-corrected chi connectivity index (χ4v) is 2.50. The lowest BCUT2D eigenvalue weighted by Gasteiger charge is -2.14. The molecular formula is C12H18BrClN2O2. The predicted molar refractivity (Wildman–Crippen MR) is 77.3 cm³/mol. The van der Waals surface area contributed by atoms with Crippen molar-refractivity contribution < 1.29 is 9.47 Å². The second-order valence-corrected chi connectivity index (χ2v) is 4.97. The zero-order valence-electron chi connectivity index (χ0n) is 10.0. The third kappa shape index (κ3) is 3.51. The van der Waals surface area contributed by atoms with Gasteiger partial charge >= 0.3 is 0 Å². The van der Waals surface area contributed by atoms with Gasteiger partial charge in [0.15, 0.2) is 11.5 Å². The Labute approximate surface area is 122 Å². The van der Waals surface area contributed by atoms with Crippen LogP contribution in [0.2, 0.25) is 0 Å². The van der Waals surface area contributed by atoms with Gasteiger partial charge in [0, 0.05) is 10.5 Å². The monoisotopic (exact) mass is 336 g/mol. The van der Waals surface area contributed by atoms with Crippen molar-refractivity contribution in [1.29, 1.82) is 0 Å². The molecule has 0 aromatic heterocycles. The van der Waals surface area contributed by atoms with E-state index in [-0.39, 0.29) is 25.2 Å². The van der Waals surface area contributed by atoms with Crippen LogP contribution in [-0.4, -0.2) is 13.3 Å². The first-order valence-corrected chi connectivity index (χ1v) is 6.56. The second-order valence-electron chi connectivity index (χ2n) is 4.12. The molecule has 1 aliphatic rings. The summed E-state index contributed by atoms with van der Waals surface area (Å²) in [5, 5.41) is 0. The van der Waals surface area contributed by atoms with Crippen LogP contribution in [-0.2, 0) is 0 Å². The van der Waals surface area contributed by atoms with Gasteiger partial charge in [-0.2, -0.15) is 0 Å². The van der Waals surface area contributed by atoms with E-state index in [1.165, 1.54) is 0 Å². The van der Waals surface area contributed by atoms with Crippen molar-refractivity contribution in [2.24, 2.45) is 11.5 Å². The van der Waals surface area contributed by atoms with Gasteiger partial charge in [-0.25, -0.2) is 0 Å². The lowest BCUT2D eigenvalue weighted by molar-refractivity contribution is 0.174. The zero-order chi connectivity index (χ0) is 12.3. The van der Waals surface area contributed by atoms with Crippen molar-refractivity contribution in [2.45, 2.75) is 25.3 Å². The molecule has 102 valence electrons. The molecule has 1 atom stereocenters. The molecule has 2 rings (SSSR count). The molecule has 0 aliphatic carbocycles. The first-order chi connectivity index (χ1) is 8.22. The molecule has 1 heterocycles. The van der Waals surface area contributed by atoms with Gasteiger partial charge in [0.1, 0.15) is 0 Å². The Bertz CT molecular complexity index is 404. The van der Waals surface area contributed by atoms with E-state index in [9.17, 15) is 0 Å². The maximum absolute atomic E-state index is 6.16. The molecule has 4 nitrogen and oxygen atoms in total. The molecule has 0 amide bonds. The molecule has 1 aromatic carbocycles. The Hall–Kier alpha value is -0.490. The van der Waals surface area contributed by atoms with E-state index in [0.717, 1.165) is 47.3 Å². The maximum atomic E-state index is 6.16. The van der Waals surface area contributed by atoms with Gasteiger partial charge in [-0.3, -0.25) is 0 Å². The first-order valence-electron chi connectivity index (χ1n) is 5.77. The van der Waals surface area contributed by atoms with Gasteiger partial charge in [-0.1, -0.05) is 22.4 Å². The lowest BCUT2D eigenvalue weighted by Crippen LogP contribution is -2.11. The highest BCUT2D eigenvalue weighted by atomic mass is 79.9. The van der Waals surface area contributed by atoms with Gasteiger partial charge < -0.3 is 20.9 Å². The average Bonchev–Trinajstić information content (AvgIpc) is 2.75. The number of rotatable bonds is 5. The molecular weight excluding hydrogens is 320 g/mol. The summed E-state index contributed by atoms with van der Waals surface area (Å²) in [6.45, 7) is 1.00. The molecule has 18 heavy (non-hydrogen) atoms. The SMILES string of the molecule is Cl.NCCCC[C@@H](N)c1cc2c(cc1Br)OCO2. The number of benzene rings is 1. The van der Waals surface area contributed by atoms with E-state index in [2.05, 4.69) is 15.9 Å². The van der Waals surface area contributed by atoms with Gasteiger partial charge in [0.2, 0.25) is 6.79 Å². The Balaban J connectivity index is 0.00000162. The fraction of sp³-hybridized carbons (Fsp3) is 0.500. The van der Waals surface area contributed by atoms with E-state index < -0.39 is 0 Å². The summed E-state index contributed by atoms with van der Waals surface area (Å²) in [6.07, 6.45) is 2.98. The summed E-state index contributed by atoms with van der Waals surface area (Å²) in [6, 6.07) is 3.88. The molecule has 4 N–H and O–H groups in total. The Morgan fingerprint density at radius 3 is 2.56 bits per heavy atom. The largest absolute Gasteiger partial charge is 0.454 e. The normalized spacial score (nSPS) is 14.2. The molecule has 6 heteroatoms. The lowest BCUT2D eigenvalue weighted by atomic mass is 10.0. The summed E-state index contributed by atoms with van der Waals surface area (Å²) < 4.78 is 11.6. The number of hydrogen-bond donors (Lipinski definition) is 2. The summed E-state index contributed by atoms with van der Waals surface area (Å²) in [5.41, 5.74) is 12.7. The van der Waals surface area contributed by atoms with E-state index in [1.807, 2.05) is 12.1 Å². The number of ether oxygens (including phenoxy) is 2. The number of fused-ring (bicyclic) bond motifs is 1.